The second-order valence-corrected chi connectivity index (χ2v) is 6.34. The number of hydrogen-bond acceptors (Lipinski definition) is 7. The second-order valence-electron chi connectivity index (χ2n) is 5.96. The molecule has 2 heterocycles. The van der Waals surface area contributed by atoms with Crippen LogP contribution in [0.4, 0.5) is 11.4 Å². The van der Waals surface area contributed by atoms with Gasteiger partial charge in [0.25, 0.3) is 11.2 Å². The van der Waals surface area contributed by atoms with Crippen molar-refractivity contribution in [2.75, 3.05) is 19.0 Å². The van der Waals surface area contributed by atoms with E-state index in [2.05, 4.69) is 10.4 Å². The van der Waals surface area contributed by atoms with E-state index in [1.54, 1.807) is 7.11 Å². The lowest BCUT2D eigenvalue weighted by Crippen LogP contribution is -2.24. The third-order valence-electron chi connectivity index (χ3n) is 3.99. The van der Waals surface area contributed by atoms with Crippen LogP contribution in [0.5, 0.6) is 0 Å². The SMILES string of the molecule is COCC(Nc1cnn(-c2ccc([N+](=O)[O-])cc2)c(=O)c1Cl)c1ccc(C)o1. The number of hydrogen-bond donors (Lipinski definition) is 1. The maximum Gasteiger partial charge on any atom is 0.292 e. The van der Waals surface area contributed by atoms with Gasteiger partial charge in [0.2, 0.25) is 0 Å². The molecule has 1 aromatic carbocycles. The van der Waals surface area contributed by atoms with Crippen molar-refractivity contribution >= 4 is 23.0 Å². The molecule has 0 aliphatic heterocycles. The largest absolute Gasteiger partial charge is 0.464 e. The molecule has 0 saturated carbocycles. The molecule has 28 heavy (non-hydrogen) atoms. The Balaban J connectivity index is 1.90. The Morgan fingerprint density at radius 2 is 2.04 bits per heavy atom. The first-order valence-corrected chi connectivity index (χ1v) is 8.63. The molecular formula is C18H17ClN4O5. The van der Waals surface area contributed by atoms with Crippen LogP contribution in [0.2, 0.25) is 5.02 Å². The molecule has 0 saturated heterocycles. The Morgan fingerprint density at radius 3 is 2.61 bits per heavy atom. The van der Waals surface area contributed by atoms with Crippen LogP contribution in [0.15, 0.2) is 51.8 Å². The van der Waals surface area contributed by atoms with Crippen molar-refractivity contribution in [1.29, 1.82) is 0 Å². The van der Waals surface area contributed by atoms with Crippen LogP contribution in [0.25, 0.3) is 5.69 Å². The number of nitro benzene ring substituents is 1. The molecule has 1 unspecified atom stereocenters. The number of nitrogens with zero attached hydrogens (tertiary/aromatic N) is 3. The van der Waals surface area contributed by atoms with E-state index in [4.69, 9.17) is 20.8 Å². The van der Waals surface area contributed by atoms with Crippen LogP contribution in [0.1, 0.15) is 17.6 Å². The smallest absolute Gasteiger partial charge is 0.292 e. The standard InChI is InChI=1S/C18H17ClN4O5/c1-11-3-8-16(28-11)15(10-27-2)21-14-9-20-22(18(24)17(14)19)12-4-6-13(7-5-12)23(25)26/h3-9,15,21H,10H2,1-2H3. The van der Waals surface area contributed by atoms with E-state index < -0.39 is 10.5 Å². The fourth-order valence-corrected chi connectivity index (χ4v) is 2.81. The Labute approximate surface area is 164 Å². The van der Waals surface area contributed by atoms with E-state index in [0.717, 1.165) is 10.4 Å². The number of aromatic nitrogens is 2. The Kier molecular flexibility index (Phi) is 5.76. The molecule has 146 valence electrons. The lowest BCUT2D eigenvalue weighted by molar-refractivity contribution is -0.384. The molecule has 3 rings (SSSR count). The highest BCUT2D eigenvalue weighted by Crippen LogP contribution is 2.25. The van der Waals surface area contributed by atoms with Gasteiger partial charge >= 0.3 is 0 Å². The van der Waals surface area contributed by atoms with Crippen LogP contribution in [0.3, 0.4) is 0 Å². The van der Waals surface area contributed by atoms with Crippen LogP contribution in [-0.2, 0) is 4.74 Å². The van der Waals surface area contributed by atoms with Gasteiger partial charge in [-0.05, 0) is 31.2 Å². The first-order valence-electron chi connectivity index (χ1n) is 8.25. The normalized spacial score (nSPS) is 12.0. The van der Waals surface area contributed by atoms with Gasteiger partial charge in [0, 0.05) is 19.2 Å². The van der Waals surface area contributed by atoms with Gasteiger partial charge in [-0.3, -0.25) is 14.9 Å². The third kappa shape index (κ3) is 4.05. The van der Waals surface area contributed by atoms with Crippen LogP contribution in [0, 0.1) is 17.0 Å². The summed E-state index contributed by atoms with van der Waals surface area (Å²) in [5, 5.41) is 17.9. The molecule has 3 aromatic rings. The summed E-state index contributed by atoms with van der Waals surface area (Å²) in [6.45, 7) is 2.11. The van der Waals surface area contributed by atoms with Crippen molar-refractivity contribution in [2.24, 2.45) is 0 Å². The first kappa shape index (κ1) is 19.6. The van der Waals surface area contributed by atoms with Crippen molar-refractivity contribution in [3.63, 3.8) is 0 Å². The predicted octanol–water partition coefficient (Wildman–Crippen LogP) is 3.50. The number of aryl methyl sites for hydroxylation is 1. The van der Waals surface area contributed by atoms with E-state index in [-0.39, 0.29) is 23.4 Å². The molecule has 1 N–H and O–H groups in total. The number of nitrogens with one attached hydrogen (secondary N) is 1. The van der Waals surface area contributed by atoms with Crippen molar-refractivity contribution in [3.05, 3.63) is 79.6 Å². The molecule has 0 aliphatic carbocycles. The molecule has 2 aromatic heterocycles. The van der Waals surface area contributed by atoms with Gasteiger partial charge in [0.1, 0.15) is 22.6 Å². The highest BCUT2D eigenvalue weighted by Gasteiger charge is 2.19. The highest BCUT2D eigenvalue weighted by atomic mass is 35.5. The van der Waals surface area contributed by atoms with E-state index in [0.29, 0.717) is 17.1 Å². The predicted molar refractivity (Wildman–Crippen MR) is 103 cm³/mol. The van der Waals surface area contributed by atoms with Gasteiger partial charge in [-0.2, -0.15) is 9.78 Å². The van der Waals surface area contributed by atoms with E-state index >= 15 is 0 Å². The van der Waals surface area contributed by atoms with Gasteiger partial charge in [-0.1, -0.05) is 11.6 Å². The Bertz CT molecular complexity index is 1040. The van der Waals surface area contributed by atoms with E-state index in [9.17, 15) is 14.9 Å². The maximum atomic E-state index is 12.6. The van der Waals surface area contributed by atoms with E-state index in [1.165, 1.54) is 30.5 Å². The molecule has 0 aliphatic rings. The van der Waals surface area contributed by atoms with Crippen LogP contribution in [-0.4, -0.2) is 28.4 Å². The summed E-state index contributed by atoms with van der Waals surface area (Å²) in [5.41, 5.74) is 0.0322. The summed E-state index contributed by atoms with van der Waals surface area (Å²) in [6.07, 6.45) is 1.41. The number of halogens is 1. The minimum Gasteiger partial charge on any atom is -0.464 e. The fourth-order valence-electron chi connectivity index (χ4n) is 2.62. The quantitative estimate of drug-likeness (QED) is 0.473. The zero-order valence-corrected chi connectivity index (χ0v) is 15.8. The summed E-state index contributed by atoms with van der Waals surface area (Å²) in [6, 6.07) is 8.70. The number of non-ortho nitro benzene ring substituents is 1. The zero-order valence-electron chi connectivity index (χ0n) is 15.1. The summed E-state index contributed by atoms with van der Waals surface area (Å²) in [5.74, 6) is 1.38. The molecule has 0 spiro atoms. The van der Waals surface area contributed by atoms with Crippen LogP contribution < -0.4 is 10.9 Å². The molecule has 0 radical (unpaired) electrons. The van der Waals surface area contributed by atoms with Gasteiger partial charge in [-0.25, -0.2) is 0 Å². The number of rotatable bonds is 7. The lowest BCUT2D eigenvalue weighted by Gasteiger charge is -2.18. The van der Waals surface area contributed by atoms with Gasteiger partial charge in [-0.15, -0.1) is 0 Å². The minimum absolute atomic E-state index is 0.0715. The Morgan fingerprint density at radius 1 is 1.32 bits per heavy atom. The zero-order chi connectivity index (χ0) is 20.3. The average molecular weight is 405 g/mol. The number of ether oxygens (including phenoxy) is 1. The minimum atomic E-state index is -0.563. The third-order valence-corrected chi connectivity index (χ3v) is 4.36. The highest BCUT2D eigenvalue weighted by molar-refractivity contribution is 6.33. The van der Waals surface area contributed by atoms with E-state index in [1.807, 2.05) is 19.1 Å². The maximum absolute atomic E-state index is 12.6. The lowest BCUT2D eigenvalue weighted by atomic mass is 10.2. The Hall–Kier alpha value is -3.17. The fraction of sp³-hybridized carbons (Fsp3) is 0.222. The summed E-state index contributed by atoms with van der Waals surface area (Å²) in [4.78, 5) is 22.9. The van der Waals surface area contributed by atoms with Crippen LogP contribution >= 0.6 is 11.6 Å². The molecule has 0 fully saturated rings. The molecular weight excluding hydrogens is 388 g/mol. The number of benzene rings is 1. The number of furan rings is 1. The molecule has 1 atom stereocenters. The number of nitro groups is 1. The van der Waals surface area contributed by atoms with Crippen molar-refractivity contribution in [3.8, 4) is 5.69 Å². The summed E-state index contributed by atoms with van der Waals surface area (Å²) < 4.78 is 11.9. The van der Waals surface area contributed by atoms with Gasteiger partial charge in [0.15, 0.2) is 0 Å². The van der Waals surface area contributed by atoms with Gasteiger partial charge < -0.3 is 14.5 Å². The van der Waals surface area contributed by atoms with Crippen molar-refractivity contribution in [1.82, 2.24) is 9.78 Å². The molecule has 0 bridgehead atoms. The summed E-state index contributed by atoms with van der Waals surface area (Å²) >= 11 is 6.25. The topological polar surface area (TPSA) is 112 Å². The molecule has 9 nitrogen and oxygen atoms in total. The molecule has 0 amide bonds. The second kappa shape index (κ2) is 8.24. The van der Waals surface area contributed by atoms with Crippen molar-refractivity contribution in [2.45, 2.75) is 13.0 Å². The average Bonchev–Trinajstić information content (AvgIpc) is 3.11. The van der Waals surface area contributed by atoms with Crippen molar-refractivity contribution < 1.29 is 14.1 Å². The number of methoxy groups -OCH3 is 1. The van der Waals surface area contributed by atoms with Gasteiger partial charge in [0.05, 0.1) is 29.1 Å². The molecule has 10 heteroatoms. The number of anilines is 1. The summed E-state index contributed by atoms with van der Waals surface area (Å²) in [7, 11) is 1.55. The first-order chi connectivity index (χ1) is 13.4. The monoisotopic (exact) mass is 404 g/mol.